The van der Waals surface area contributed by atoms with Crippen molar-refractivity contribution in [1.82, 2.24) is 24.6 Å². The summed E-state index contributed by atoms with van der Waals surface area (Å²) in [6, 6.07) is 8.51. The molecule has 8 atom stereocenters. The second-order valence-electron chi connectivity index (χ2n) is 19.5. The van der Waals surface area contributed by atoms with E-state index in [1.54, 1.807) is 16.8 Å². The number of fused-ring (bicyclic) bond motifs is 2. The van der Waals surface area contributed by atoms with Crippen LogP contribution in [0.3, 0.4) is 0 Å². The van der Waals surface area contributed by atoms with Gasteiger partial charge in [0.15, 0.2) is 11.6 Å². The number of ketones is 1. The smallest absolute Gasteiger partial charge is 0.310 e. The van der Waals surface area contributed by atoms with E-state index in [1.807, 2.05) is 65.1 Å². The van der Waals surface area contributed by atoms with Gasteiger partial charge in [-0.15, -0.1) is 11.7 Å². The molecule has 62 heavy (non-hydrogen) atoms. The van der Waals surface area contributed by atoms with Crippen molar-refractivity contribution in [1.29, 1.82) is 0 Å². The van der Waals surface area contributed by atoms with E-state index in [9.17, 15) is 24.3 Å². The molecule has 15 nitrogen and oxygen atoms in total. The third-order valence-electron chi connectivity index (χ3n) is 13.5. The van der Waals surface area contributed by atoms with Crippen molar-refractivity contribution in [3.63, 3.8) is 0 Å². The van der Waals surface area contributed by atoms with E-state index >= 15 is 0 Å². The number of benzene rings is 1. The normalized spacial score (nSPS) is 27.4. The summed E-state index contributed by atoms with van der Waals surface area (Å²) in [5.74, 6) is 0.269. The van der Waals surface area contributed by atoms with Gasteiger partial charge < -0.3 is 34.3 Å². The highest BCUT2D eigenvalue weighted by Crippen LogP contribution is 2.57. The number of likely N-dealkylation sites (tertiary alicyclic amines) is 1. The number of carboxylic acids is 1. The number of anilines is 1. The first-order valence-corrected chi connectivity index (χ1v) is 22.4. The average Bonchev–Trinajstić information content (AvgIpc) is 3.89. The van der Waals surface area contributed by atoms with Gasteiger partial charge in [0.2, 0.25) is 5.91 Å². The maximum Gasteiger partial charge on any atom is 0.310 e. The summed E-state index contributed by atoms with van der Waals surface area (Å²) < 4.78 is 26.1. The fourth-order valence-electron chi connectivity index (χ4n) is 9.74. The number of carboxylic acid groups (broad SMARTS) is 1. The molecule has 15 heteroatoms. The van der Waals surface area contributed by atoms with Crippen molar-refractivity contribution in [2.24, 2.45) is 34.5 Å². The van der Waals surface area contributed by atoms with Gasteiger partial charge in [0.05, 0.1) is 49.1 Å². The number of hydrogen-bond donors (Lipinski definition) is 2. The third kappa shape index (κ3) is 9.63. The lowest BCUT2D eigenvalue weighted by Gasteiger charge is -2.35. The van der Waals surface area contributed by atoms with Crippen LogP contribution < -0.4 is 14.8 Å². The summed E-state index contributed by atoms with van der Waals surface area (Å²) in [5, 5.41) is 19.0. The lowest BCUT2D eigenvalue weighted by Crippen LogP contribution is -2.48. The summed E-state index contributed by atoms with van der Waals surface area (Å²) in [6.45, 7) is 18.1. The zero-order valence-electron chi connectivity index (χ0n) is 36.7. The number of nitrogens with one attached hydrogen (secondary N) is 1. The van der Waals surface area contributed by atoms with E-state index in [0.29, 0.717) is 72.1 Å². The Morgan fingerprint density at radius 1 is 1.05 bits per heavy atom. The number of aliphatic carboxylic acids is 1. The van der Waals surface area contributed by atoms with Crippen LogP contribution in [0.1, 0.15) is 79.6 Å². The first-order valence-electron chi connectivity index (χ1n) is 22.4. The number of carbonyl (C=O) groups excluding carboxylic acids is 3. The number of pyridine rings is 1. The molecule has 0 radical (unpaired) electrons. The quantitative estimate of drug-likeness (QED) is 0.114. The van der Waals surface area contributed by atoms with Gasteiger partial charge in [0, 0.05) is 68.3 Å². The van der Waals surface area contributed by atoms with Gasteiger partial charge >= 0.3 is 11.9 Å². The lowest BCUT2D eigenvalue weighted by molar-refractivity contribution is -0.157. The summed E-state index contributed by atoms with van der Waals surface area (Å²) in [7, 11) is 0. The summed E-state index contributed by atoms with van der Waals surface area (Å²) in [6.07, 6.45) is 5.65. The molecule has 5 fully saturated rings. The van der Waals surface area contributed by atoms with Gasteiger partial charge in [-0.25, -0.2) is 9.67 Å². The van der Waals surface area contributed by atoms with Crippen molar-refractivity contribution in [3.8, 4) is 17.3 Å². The highest BCUT2D eigenvalue weighted by molar-refractivity contribution is 5.95. The zero-order chi connectivity index (χ0) is 43.9. The van der Waals surface area contributed by atoms with Crippen LogP contribution in [0.5, 0.6) is 11.5 Å². The Hall–Kier alpha value is -5.02. The minimum absolute atomic E-state index is 0.0555. The Morgan fingerprint density at radius 3 is 2.48 bits per heavy atom. The highest BCUT2D eigenvalue weighted by Gasteiger charge is 2.61. The molecule has 3 aromatic rings. The summed E-state index contributed by atoms with van der Waals surface area (Å²) in [4.78, 5) is 64.1. The number of amides is 1. The molecular weight excluding hydrogens is 793 g/mol. The molecule has 2 unspecified atom stereocenters. The number of aromatic nitrogens is 3. The number of hydrogen-bond acceptors (Lipinski definition) is 12. The highest BCUT2D eigenvalue weighted by atomic mass is 16.5. The zero-order valence-corrected chi connectivity index (χ0v) is 36.7. The third-order valence-corrected chi connectivity index (χ3v) is 13.5. The van der Waals surface area contributed by atoms with E-state index in [4.69, 9.17) is 29.0 Å². The predicted octanol–water partition coefficient (Wildman–Crippen LogP) is 5.93. The van der Waals surface area contributed by atoms with Crippen molar-refractivity contribution in [2.45, 2.75) is 104 Å². The standard InChI is InChI=1S/C47H62N6O9/c1-7-31-25-47(31,45(57)58)26-39(54)38-22-34(27-52(38)44(56)36(46(4,5)6)23-43(55)62-33-19-29-18-30(29)20-33)61-40-24-42(53-11-10-41(50-53)48-28(2)3)49-37-21-32(8-9-35(37)40)60-17-14-51-12-15-59-16-13-51/h7-11,21,24,28-31,33-34,36,38H,1,12-20,22-23,25-27H2,2-6H3,(H,48,50)(H,57,58)/t29-,30+,31-,33?,34-,36?,38+,47-/m1/s1. The Bertz CT molecular complexity index is 2170. The minimum atomic E-state index is -1.26. The van der Waals surface area contributed by atoms with E-state index in [-0.39, 0.29) is 55.6 Å². The first kappa shape index (κ1) is 43.6. The van der Waals surface area contributed by atoms with Crippen molar-refractivity contribution in [3.05, 3.63) is 49.2 Å². The predicted molar refractivity (Wildman–Crippen MR) is 231 cm³/mol. The number of rotatable bonds is 18. The van der Waals surface area contributed by atoms with Gasteiger partial charge in [0.25, 0.3) is 0 Å². The fourth-order valence-corrected chi connectivity index (χ4v) is 9.74. The second-order valence-corrected chi connectivity index (χ2v) is 19.5. The number of esters is 1. The topological polar surface area (TPSA) is 175 Å². The molecule has 2 aromatic heterocycles. The van der Waals surface area contributed by atoms with Gasteiger partial charge in [-0.2, -0.15) is 0 Å². The van der Waals surface area contributed by atoms with E-state index in [1.165, 1.54) is 11.3 Å². The number of allylic oxidation sites excluding steroid dienone is 1. The molecule has 0 spiro atoms. The molecule has 3 aliphatic carbocycles. The number of carbonyl (C=O) groups is 4. The van der Waals surface area contributed by atoms with Crippen LogP contribution in [0, 0.1) is 34.5 Å². The molecule has 2 aliphatic heterocycles. The van der Waals surface area contributed by atoms with Crippen LogP contribution in [0.2, 0.25) is 0 Å². The number of nitrogens with zero attached hydrogens (tertiary/aromatic N) is 5. The molecule has 4 heterocycles. The first-order chi connectivity index (χ1) is 29.6. The van der Waals surface area contributed by atoms with Gasteiger partial charge in [-0.05, 0) is 74.8 Å². The largest absolute Gasteiger partial charge is 0.492 e. The van der Waals surface area contributed by atoms with Crippen LogP contribution in [0.15, 0.2) is 49.2 Å². The Labute approximate surface area is 363 Å². The maximum atomic E-state index is 14.9. The van der Waals surface area contributed by atoms with Crippen LogP contribution >= 0.6 is 0 Å². The van der Waals surface area contributed by atoms with E-state index < -0.39 is 40.8 Å². The minimum Gasteiger partial charge on any atom is -0.492 e. The number of morpholine rings is 1. The summed E-state index contributed by atoms with van der Waals surface area (Å²) >= 11 is 0. The van der Waals surface area contributed by atoms with E-state index in [0.717, 1.165) is 32.5 Å². The summed E-state index contributed by atoms with van der Waals surface area (Å²) in [5.41, 5.74) is -1.31. The average molecular weight is 855 g/mol. The van der Waals surface area contributed by atoms with Crippen molar-refractivity contribution < 1.29 is 43.2 Å². The SMILES string of the molecule is C=C[C@@H]1C[C@]1(CC(=O)[C@@H]1C[C@@H](Oc2cc(-n3ccc(NC(C)C)n3)nc3cc(OCCN4CCOCC4)ccc23)CN1C(=O)C(CC(=O)OC1C[C@@H]2C[C@@H]2C1)C(C)(C)C)C(=O)O. The molecule has 1 amide bonds. The van der Waals surface area contributed by atoms with Gasteiger partial charge in [-0.3, -0.25) is 24.1 Å². The molecule has 334 valence electrons. The van der Waals surface area contributed by atoms with Crippen LogP contribution in [0.25, 0.3) is 16.7 Å². The monoisotopic (exact) mass is 854 g/mol. The van der Waals surface area contributed by atoms with Crippen LogP contribution in [-0.4, -0.2) is 124 Å². The molecule has 5 aliphatic rings. The van der Waals surface area contributed by atoms with Crippen LogP contribution in [-0.2, 0) is 28.7 Å². The molecule has 8 rings (SSSR count). The number of ether oxygens (including phenoxy) is 4. The maximum absolute atomic E-state index is 14.9. The molecule has 0 bridgehead atoms. The Kier molecular flexibility index (Phi) is 12.4. The molecule has 1 aromatic carbocycles. The van der Waals surface area contributed by atoms with Crippen molar-refractivity contribution >= 4 is 40.3 Å². The molecule has 2 saturated heterocycles. The van der Waals surface area contributed by atoms with Crippen LogP contribution in [0.4, 0.5) is 5.82 Å². The lowest BCUT2D eigenvalue weighted by atomic mass is 9.77. The Balaban J connectivity index is 1.07. The van der Waals surface area contributed by atoms with Gasteiger partial charge in [-0.1, -0.05) is 26.8 Å². The molecule has 3 saturated carbocycles. The fraction of sp³-hybridized carbons (Fsp3) is 0.617. The van der Waals surface area contributed by atoms with E-state index in [2.05, 4.69) is 16.8 Å². The Morgan fingerprint density at radius 2 is 1.81 bits per heavy atom. The van der Waals surface area contributed by atoms with Gasteiger partial charge in [0.1, 0.15) is 36.1 Å². The number of Topliss-reactive ketones (excluding diaryl/α,β-unsaturated/α-hetero) is 1. The van der Waals surface area contributed by atoms with Crippen molar-refractivity contribution in [2.75, 3.05) is 51.3 Å². The second kappa shape index (κ2) is 17.6. The molecular formula is C47H62N6O9. The molecule has 2 N–H and O–H groups in total.